The molecule has 2 aromatic heterocycles. The molecule has 18 heavy (non-hydrogen) atoms. The van der Waals surface area contributed by atoms with Crippen molar-refractivity contribution in [2.75, 3.05) is 5.32 Å². The van der Waals surface area contributed by atoms with E-state index in [2.05, 4.69) is 15.4 Å². The minimum Gasteiger partial charge on any atom is -0.476 e. The quantitative estimate of drug-likeness (QED) is 0.888. The molecule has 0 amide bonds. The summed E-state index contributed by atoms with van der Waals surface area (Å²) in [5.41, 5.74) is 0.563. The van der Waals surface area contributed by atoms with Crippen molar-refractivity contribution >= 4 is 29.1 Å². The second kappa shape index (κ2) is 5.05. The maximum atomic E-state index is 10.9. The summed E-state index contributed by atoms with van der Waals surface area (Å²) in [6, 6.07) is 3.10. The van der Waals surface area contributed by atoms with E-state index in [1.807, 2.05) is 6.92 Å². The first kappa shape index (κ1) is 12.4. The van der Waals surface area contributed by atoms with Crippen molar-refractivity contribution < 1.29 is 9.90 Å². The summed E-state index contributed by atoms with van der Waals surface area (Å²) in [5, 5.41) is 16.1. The van der Waals surface area contributed by atoms with Gasteiger partial charge in [0.25, 0.3) is 0 Å². The zero-order valence-corrected chi connectivity index (χ0v) is 10.3. The number of carboxylic acids is 1. The highest BCUT2D eigenvalue weighted by molar-refractivity contribution is 6.33. The fraction of sp³-hybridized carbons (Fsp3) is 0.182. The molecule has 2 rings (SSSR count). The van der Waals surface area contributed by atoms with E-state index < -0.39 is 5.97 Å². The lowest BCUT2D eigenvalue weighted by Gasteiger charge is -2.04. The van der Waals surface area contributed by atoms with Crippen LogP contribution in [-0.2, 0) is 6.54 Å². The largest absolute Gasteiger partial charge is 0.476 e. The van der Waals surface area contributed by atoms with E-state index in [-0.39, 0.29) is 10.7 Å². The van der Waals surface area contributed by atoms with Gasteiger partial charge in [-0.3, -0.25) is 4.68 Å². The average Bonchev–Trinajstić information content (AvgIpc) is 2.79. The predicted molar refractivity (Wildman–Crippen MR) is 67.4 cm³/mol. The number of nitrogens with zero attached hydrogens (tertiary/aromatic N) is 3. The Labute approximate surface area is 108 Å². The zero-order valence-electron chi connectivity index (χ0n) is 9.59. The van der Waals surface area contributed by atoms with Crippen LogP contribution in [0, 0.1) is 0 Å². The van der Waals surface area contributed by atoms with Crippen molar-refractivity contribution in [3.05, 3.63) is 35.2 Å². The molecule has 6 nitrogen and oxygen atoms in total. The molecule has 2 heterocycles. The Balaban J connectivity index is 2.24. The Hall–Kier alpha value is -2.08. The molecule has 0 saturated carbocycles. The molecule has 0 aliphatic heterocycles. The van der Waals surface area contributed by atoms with E-state index in [1.165, 1.54) is 6.07 Å². The second-order valence-corrected chi connectivity index (χ2v) is 3.95. The van der Waals surface area contributed by atoms with Crippen LogP contribution in [0.15, 0.2) is 24.5 Å². The van der Waals surface area contributed by atoms with E-state index in [0.29, 0.717) is 5.82 Å². The number of halogens is 1. The van der Waals surface area contributed by atoms with Crippen LogP contribution in [-0.4, -0.2) is 25.8 Å². The third-order valence-corrected chi connectivity index (χ3v) is 2.58. The van der Waals surface area contributed by atoms with Crippen LogP contribution in [0.3, 0.4) is 0 Å². The number of carbonyl (C=O) groups is 1. The van der Waals surface area contributed by atoms with Gasteiger partial charge in [-0.1, -0.05) is 11.6 Å². The van der Waals surface area contributed by atoms with Gasteiger partial charge in [0.2, 0.25) is 0 Å². The average molecular weight is 267 g/mol. The molecular weight excluding hydrogens is 256 g/mol. The predicted octanol–water partition coefficient (Wildman–Crippen LogP) is 2.39. The van der Waals surface area contributed by atoms with Crippen molar-refractivity contribution in [2.45, 2.75) is 13.5 Å². The summed E-state index contributed by atoms with van der Waals surface area (Å²) in [6.45, 7) is 2.73. The van der Waals surface area contributed by atoms with Gasteiger partial charge in [0.15, 0.2) is 5.69 Å². The summed E-state index contributed by atoms with van der Waals surface area (Å²) in [7, 11) is 0. The highest BCUT2D eigenvalue weighted by atomic mass is 35.5. The zero-order chi connectivity index (χ0) is 13.1. The Morgan fingerprint density at radius 1 is 1.56 bits per heavy atom. The van der Waals surface area contributed by atoms with E-state index in [9.17, 15) is 4.79 Å². The standard InChI is InChI=1S/C11H11ClN4O2/c1-2-16-6-7(5-13-16)14-9-4-3-8(12)10(15-9)11(17)18/h3-6H,2H2,1H3,(H,14,15)(H,17,18). The van der Waals surface area contributed by atoms with Crippen molar-refractivity contribution in [2.24, 2.45) is 0 Å². The Kier molecular flexibility index (Phi) is 3.47. The van der Waals surface area contributed by atoms with Gasteiger partial charge in [0.05, 0.1) is 16.9 Å². The monoisotopic (exact) mass is 266 g/mol. The smallest absolute Gasteiger partial charge is 0.356 e. The maximum Gasteiger partial charge on any atom is 0.356 e. The number of aryl methyl sites for hydroxylation is 1. The van der Waals surface area contributed by atoms with Crippen molar-refractivity contribution in [1.29, 1.82) is 0 Å². The first-order valence-electron chi connectivity index (χ1n) is 5.29. The van der Waals surface area contributed by atoms with Crippen LogP contribution in [0.1, 0.15) is 17.4 Å². The fourth-order valence-electron chi connectivity index (χ4n) is 1.41. The Morgan fingerprint density at radius 3 is 2.94 bits per heavy atom. The number of carboxylic acid groups (broad SMARTS) is 1. The topological polar surface area (TPSA) is 80.0 Å². The molecule has 0 radical (unpaired) electrons. The third kappa shape index (κ3) is 2.60. The van der Waals surface area contributed by atoms with E-state index in [4.69, 9.17) is 16.7 Å². The van der Waals surface area contributed by atoms with Crippen LogP contribution in [0.4, 0.5) is 11.5 Å². The van der Waals surface area contributed by atoms with Gasteiger partial charge in [-0.25, -0.2) is 9.78 Å². The number of hydrogen-bond donors (Lipinski definition) is 2. The van der Waals surface area contributed by atoms with Crippen molar-refractivity contribution in [1.82, 2.24) is 14.8 Å². The molecule has 0 bridgehead atoms. The number of rotatable bonds is 4. The van der Waals surface area contributed by atoms with Crippen LogP contribution in [0.5, 0.6) is 0 Å². The van der Waals surface area contributed by atoms with Gasteiger partial charge in [-0.05, 0) is 19.1 Å². The maximum absolute atomic E-state index is 10.9. The second-order valence-electron chi connectivity index (χ2n) is 3.54. The van der Waals surface area contributed by atoms with Crippen LogP contribution in [0.25, 0.3) is 0 Å². The van der Waals surface area contributed by atoms with Crippen LogP contribution >= 0.6 is 11.6 Å². The Bertz CT molecular complexity index is 582. The molecule has 0 atom stereocenters. The molecule has 0 aromatic carbocycles. The molecular formula is C11H11ClN4O2. The minimum atomic E-state index is -1.16. The number of pyridine rings is 1. The molecule has 0 spiro atoms. The summed E-state index contributed by atoms with van der Waals surface area (Å²) in [5.74, 6) is -0.750. The van der Waals surface area contributed by atoms with Crippen LogP contribution in [0.2, 0.25) is 5.02 Å². The van der Waals surface area contributed by atoms with E-state index in [0.717, 1.165) is 12.2 Å². The molecule has 0 unspecified atom stereocenters. The summed E-state index contributed by atoms with van der Waals surface area (Å²) in [4.78, 5) is 14.8. The number of anilines is 2. The lowest BCUT2D eigenvalue weighted by molar-refractivity contribution is 0.0691. The number of nitrogens with one attached hydrogen (secondary N) is 1. The van der Waals surface area contributed by atoms with Gasteiger partial charge < -0.3 is 10.4 Å². The lowest BCUT2D eigenvalue weighted by Crippen LogP contribution is -2.03. The number of aromatic nitrogens is 3. The first-order valence-corrected chi connectivity index (χ1v) is 5.67. The van der Waals surface area contributed by atoms with Gasteiger partial charge in [-0.15, -0.1) is 0 Å². The minimum absolute atomic E-state index is 0.109. The van der Waals surface area contributed by atoms with Gasteiger partial charge in [0, 0.05) is 12.7 Å². The lowest BCUT2D eigenvalue weighted by atomic mass is 10.3. The first-order chi connectivity index (χ1) is 8.60. The summed E-state index contributed by atoms with van der Waals surface area (Å²) in [6.07, 6.45) is 3.44. The molecule has 7 heteroatoms. The van der Waals surface area contributed by atoms with E-state index in [1.54, 1.807) is 23.1 Å². The molecule has 94 valence electrons. The van der Waals surface area contributed by atoms with E-state index >= 15 is 0 Å². The highest BCUT2D eigenvalue weighted by Gasteiger charge is 2.11. The fourth-order valence-corrected chi connectivity index (χ4v) is 1.60. The number of aromatic carboxylic acids is 1. The Morgan fingerprint density at radius 2 is 2.33 bits per heavy atom. The third-order valence-electron chi connectivity index (χ3n) is 2.28. The molecule has 2 N–H and O–H groups in total. The van der Waals surface area contributed by atoms with Crippen LogP contribution < -0.4 is 5.32 Å². The molecule has 0 saturated heterocycles. The summed E-state index contributed by atoms with van der Waals surface area (Å²) < 4.78 is 1.75. The highest BCUT2D eigenvalue weighted by Crippen LogP contribution is 2.19. The van der Waals surface area contributed by atoms with Crippen molar-refractivity contribution in [3.8, 4) is 0 Å². The van der Waals surface area contributed by atoms with Gasteiger partial charge in [0.1, 0.15) is 5.82 Å². The molecule has 0 fully saturated rings. The summed E-state index contributed by atoms with van der Waals surface area (Å²) >= 11 is 5.73. The molecule has 0 aliphatic carbocycles. The van der Waals surface area contributed by atoms with Crippen molar-refractivity contribution in [3.63, 3.8) is 0 Å². The van der Waals surface area contributed by atoms with Gasteiger partial charge >= 0.3 is 5.97 Å². The molecule has 2 aromatic rings. The number of hydrogen-bond acceptors (Lipinski definition) is 4. The normalized spacial score (nSPS) is 10.3. The molecule has 0 aliphatic rings. The SMILES string of the molecule is CCn1cc(Nc2ccc(Cl)c(C(=O)O)n2)cn1. The van der Waals surface area contributed by atoms with Gasteiger partial charge in [-0.2, -0.15) is 5.10 Å².